The van der Waals surface area contributed by atoms with E-state index in [1.807, 2.05) is 0 Å². The molecule has 5 aliphatic rings. The molecule has 0 aromatic rings. The topological polar surface area (TPSA) is 49.4 Å². The van der Waals surface area contributed by atoms with Crippen LogP contribution in [0.25, 0.3) is 0 Å². The Balaban J connectivity index is 1.64. The Morgan fingerprint density at radius 2 is 1.75 bits per heavy atom. The Bertz CT molecular complexity index is 455. The zero-order valence-corrected chi connectivity index (χ0v) is 12.3. The molecule has 20 heavy (non-hydrogen) atoms. The molecule has 4 aliphatic carbocycles. The lowest BCUT2D eigenvalue weighted by Gasteiger charge is -2.62. The van der Waals surface area contributed by atoms with Gasteiger partial charge < -0.3 is 10.2 Å². The highest BCUT2D eigenvalue weighted by molar-refractivity contribution is 5.84. The molecule has 1 heterocycles. The molecule has 0 radical (unpaired) electrons. The fourth-order valence-electron chi connectivity index (χ4n) is 5.89. The molecule has 5 rings (SSSR count). The van der Waals surface area contributed by atoms with Gasteiger partial charge in [0.2, 0.25) is 11.8 Å². The largest absolute Gasteiger partial charge is 0.351 e. The van der Waals surface area contributed by atoms with Gasteiger partial charge in [-0.2, -0.15) is 0 Å². The highest BCUT2D eigenvalue weighted by atomic mass is 16.2. The van der Waals surface area contributed by atoms with Crippen LogP contribution in [0.2, 0.25) is 0 Å². The number of hydrogen-bond donors (Lipinski definition) is 1. The van der Waals surface area contributed by atoms with Crippen LogP contribution in [0.4, 0.5) is 0 Å². The maximum absolute atomic E-state index is 12.9. The van der Waals surface area contributed by atoms with Gasteiger partial charge in [0.25, 0.3) is 0 Å². The van der Waals surface area contributed by atoms with Gasteiger partial charge in [0.1, 0.15) is 0 Å². The summed E-state index contributed by atoms with van der Waals surface area (Å²) in [5, 5.41) is 3.23. The van der Waals surface area contributed by atoms with Gasteiger partial charge in [0, 0.05) is 25.6 Å². The van der Waals surface area contributed by atoms with E-state index in [1.165, 1.54) is 6.42 Å². The van der Waals surface area contributed by atoms with Gasteiger partial charge in [0.15, 0.2) is 0 Å². The molecule has 4 heteroatoms. The van der Waals surface area contributed by atoms with Crippen molar-refractivity contribution in [3.8, 4) is 0 Å². The summed E-state index contributed by atoms with van der Waals surface area (Å²) in [6.45, 7) is 3.51. The quantitative estimate of drug-likeness (QED) is 0.834. The Kier molecular flexibility index (Phi) is 2.52. The zero-order chi connectivity index (χ0) is 14.0. The SMILES string of the molecule is CC(=O)NC12CC3CC(C1)CC(C(=O)N1CCC1)(C3)C2. The van der Waals surface area contributed by atoms with E-state index in [-0.39, 0.29) is 16.9 Å². The Morgan fingerprint density at radius 1 is 1.10 bits per heavy atom. The summed E-state index contributed by atoms with van der Waals surface area (Å²) >= 11 is 0. The van der Waals surface area contributed by atoms with Crippen LogP contribution in [-0.2, 0) is 9.59 Å². The minimum atomic E-state index is -0.146. The summed E-state index contributed by atoms with van der Waals surface area (Å²) in [4.78, 5) is 26.6. The molecule has 1 N–H and O–H groups in total. The molecule has 0 aromatic heterocycles. The first-order valence-electron chi connectivity index (χ1n) is 8.09. The first-order chi connectivity index (χ1) is 9.50. The molecule has 4 saturated carbocycles. The van der Waals surface area contributed by atoms with Crippen molar-refractivity contribution in [3.63, 3.8) is 0 Å². The monoisotopic (exact) mass is 276 g/mol. The van der Waals surface area contributed by atoms with Gasteiger partial charge in [-0.25, -0.2) is 0 Å². The molecule has 0 aromatic carbocycles. The van der Waals surface area contributed by atoms with E-state index in [1.54, 1.807) is 6.92 Å². The first kappa shape index (κ1) is 12.7. The lowest BCUT2D eigenvalue weighted by molar-refractivity contribution is -0.166. The Hall–Kier alpha value is -1.06. The van der Waals surface area contributed by atoms with E-state index in [2.05, 4.69) is 10.2 Å². The average Bonchev–Trinajstić information content (AvgIpc) is 2.22. The second-order valence-electron chi connectivity index (χ2n) is 7.85. The maximum Gasteiger partial charge on any atom is 0.228 e. The molecular formula is C16H24N2O2. The van der Waals surface area contributed by atoms with Gasteiger partial charge in [-0.05, 0) is 56.8 Å². The Labute approximate surface area is 120 Å². The number of amides is 2. The maximum atomic E-state index is 12.9. The van der Waals surface area contributed by atoms with E-state index in [9.17, 15) is 9.59 Å². The third kappa shape index (κ3) is 1.73. The molecule has 2 atom stereocenters. The number of nitrogens with zero attached hydrogens (tertiary/aromatic N) is 1. The van der Waals surface area contributed by atoms with E-state index >= 15 is 0 Å². The van der Waals surface area contributed by atoms with E-state index in [0.29, 0.717) is 17.7 Å². The average molecular weight is 276 g/mol. The fraction of sp³-hybridized carbons (Fsp3) is 0.875. The van der Waals surface area contributed by atoms with Gasteiger partial charge in [-0.3, -0.25) is 9.59 Å². The summed E-state index contributed by atoms with van der Waals surface area (Å²) in [7, 11) is 0. The van der Waals surface area contributed by atoms with Crippen LogP contribution >= 0.6 is 0 Å². The minimum Gasteiger partial charge on any atom is -0.351 e. The van der Waals surface area contributed by atoms with Gasteiger partial charge in [0.05, 0.1) is 5.41 Å². The van der Waals surface area contributed by atoms with Crippen LogP contribution in [-0.4, -0.2) is 35.3 Å². The Morgan fingerprint density at radius 3 is 2.25 bits per heavy atom. The van der Waals surface area contributed by atoms with E-state index in [0.717, 1.165) is 51.6 Å². The van der Waals surface area contributed by atoms with Gasteiger partial charge >= 0.3 is 0 Å². The lowest BCUT2D eigenvalue weighted by atomic mass is 9.46. The van der Waals surface area contributed by atoms with Crippen LogP contribution in [0, 0.1) is 17.3 Å². The molecule has 1 aliphatic heterocycles. The summed E-state index contributed by atoms with van der Waals surface area (Å²) in [5.41, 5.74) is -0.219. The van der Waals surface area contributed by atoms with Crippen molar-refractivity contribution in [1.82, 2.24) is 10.2 Å². The highest BCUT2D eigenvalue weighted by Crippen LogP contribution is 2.62. The predicted molar refractivity (Wildman–Crippen MR) is 74.9 cm³/mol. The molecule has 110 valence electrons. The molecule has 2 amide bonds. The van der Waals surface area contributed by atoms with E-state index in [4.69, 9.17) is 0 Å². The minimum absolute atomic E-state index is 0.0681. The van der Waals surface area contributed by atoms with E-state index < -0.39 is 0 Å². The smallest absolute Gasteiger partial charge is 0.228 e. The molecule has 1 saturated heterocycles. The van der Waals surface area contributed by atoms with Crippen molar-refractivity contribution in [1.29, 1.82) is 0 Å². The number of rotatable bonds is 2. The van der Waals surface area contributed by atoms with Crippen LogP contribution in [0.15, 0.2) is 0 Å². The number of nitrogens with one attached hydrogen (secondary N) is 1. The number of carbonyl (C=O) groups excluding carboxylic acids is 2. The predicted octanol–water partition coefficient (Wildman–Crippen LogP) is 1.69. The third-order valence-corrected chi connectivity index (χ3v) is 6.10. The van der Waals surface area contributed by atoms with Gasteiger partial charge in [-0.15, -0.1) is 0 Å². The van der Waals surface area contributed by atoms with Gasteiger partial charge in [-0.1, -0.05) is 0 Å². The molecule has 5 fully saturated rings. The van der Waals surface area contributed by atoms with Crippen molar-refractivity contribution >= 4 is 11.8 Å². The van der Waals surface area contributed by atoms with Crippen LogP contribution < -0.4 is 5.32 Å². The number of hydrogen-bond acceptors (Lipinski definition) is 2. The molecule has 4 bridgehead atoms. The van der Waals surface area contributed by atoms with Crippen LogP contribution in [0.1, 0.15) is 51.9 Å². The van der Waals surface area contributed by atoms with Crippen molar-refractivity contribution < 1.29 is 9.59 Å². The summed E-state index contributed by atoms with van der Waals surface area (Å²) < 4.78 is 0. The normalized spacial score (nSPS) is 45.1. The molecule has 2 unspecified atom stereocenters. The second-order valence-corrected chi connectivity index (χ2v) is 7.85. The van der Waals surface area contributed by atoms with Crippen LogP contribution in [0.5, 0.6) is 0 Å². The van der Waals surface area contributed by atoms with Crippen molar-refractivity contribution in [2.75, 3.05) is 13.1 Å². The van der Waals surface area contributed by atoms with Crippen molar-refractivity contribution in [2.45, 2.75) is 57.4 Å². The van der Waals surface area contributed by atoms with Crippen molar-refractivity contribution in [3.05, 3.63) is 0 Å². The first-order valence-corrected chi connectivity index (χ1v) is 8.09. The third-order valence-electron chi connectivity index (χ3n) is 6.10. The summed E-state index contributed by atoms with van der Waals surface area (Å²) in [6, 6.07) is 0. The number of carbonyl (C=O) groups is 2. The summed E-state index contributed by atoms with van der Waals surface area (Å²) in [6.07, 6.45) is 7.65. The zero-order valence-electron chi connectivity index (χ0n) is 12.3. The van der Waals surface area contributed by atoms with Crippen LogP contribution in [0.3, 0.4) is 0 Å². The summed E-state index contributed by atoms with van der Waals surface area (Å²) in [5.74, 6) is 1.76. The molecule has 4 nitrogen and oxygen atoms in total. The molecular weight excluding hydrogens is 252 g/mol. The number of likely N-dealkylation sites (tertiary alicyclic amines) is 1. The van der Waals surface area contributed by atoms with Crippen molar-refractivity contribution in [2.24, 2.45) is 17.3 Å². The second kappa shape index (κ2) is 3.99. The molecule has 0 spiro atoms. The fourth-order valence-corrected chi connectivity index (χ4v) is 5.89. The highest BCUT2D eigenvalue weighted by Gasteiger charge is 2.61. The lowest BCUT2D eigenvalue weighted by Crippen LogP contribution is -2.66. The standard InChI is InChI=1S/C16H24N2O2/c1-11(19)17-16-8-12-5-13(9-16)7-15(6-12,10-16)14(20)18-3-2-4-18/h12-13H,2-10H2,1H3,(H,17,19).